The summed E-state index contributed by atoms with van der Waals surface area (Å²) in [5, 5.41) is 1.93. The summed E-state index contributed by atoms with van der Waals surface area (Å²) in [4.78, 5) is 33.1. The van der Waals surface area contributed by atoms with E-state index in [1.807, 2.05) is 22.4 Å². The first kappa shape index (κ1) is 21.8. The lowest BCUT2D eigenvalue weighted by Gasteiger charge is -2.40. The normalized spacial score (nSPS) is 29.2. The first-order valence-electron chi connectivity index (χ1n) is 11.5. The maximum absolute atomic E-state index is 13.2. The van der Waals surface area contributed by atoms with E-state index in [1.54, 1.807) is 0 Å². The van der Waals surface area contributed by atoms with E-state index in [2.05, 4.69) is 23.6 Å². The van der Waals surface area contributed by atoms with Crippen LogP contribution >= 0.6 is 11.3 Å². The van der Waals surface area contributed by atoms with Gasteiger partial charge < -0.3 is 14.5 Å². The lowest BCUT2D eigenvalue weighted by Crippen LogP contribution is -2.50. The van der Waals surface area contributed by atoms with Crippen LogP contribution in [0.2, 0.25) is 0 Å². The molecule has 30 heavy (non-hydrogen) atoms. The molecule has 0 spiro atoms. The fourth-order valence-electron chi connectivity index (χ4n) is 5.31. The molecular formula is C23H35N3O3S. The van der Waals surface area contributed by atoms with Gasteiger partial charge in [0.15, 0.2) is 0 Å². The molecule has 2 amide bonds. The summed E-state index contributed by atoms with van der Waals surface area (Å²) >= 11 is 1.48. The summed E-state index contributed by atoms with van der Waals surface area (Å²) in [6, 6.07) is 3.78. The molecule has 4 rings (SSSR count). The number of rotatable bonds is 4. The topological polar surface area (TPSA) is 53.1 Å². The third-order valence-corrected chi connectivity index (χ3v) is 7.59. The maximum Gasteiger partial charge on any atom is 0.263 e. The molecule has 3 unspecified atom stereocenters. The highest BCUT2D eigenvalue weighted by Gasteiger charge is 2.34. The van der Waals surface area contributed by atoms with Crippen LogP contribution in [0.25, 0.3) is 0 Å². The molecule has 0 aromatic carbocycles. The zero-order valence-corrected chi connectivity index (χ0v) is 19.1. The number of carbonyl (C=O) groups excluding carboxylic acids is 2. The molecule has 0 radical (unpaired) electrons. The van der Waals surface area contributed by atoms with E-state index in [4.69, 9.17) is 4.74 Å². The Bertz CT molecular complexity index is 707. The first-order chi connectivity index (χ1) is 14.5. The fraction of sp³-hybridized carbons (Fsp3) is 0.739. The zero-order valence-electron chi connectivity index (χ0n) is 18.3. The van der Waals surface area contributed by atoms with Crippen molar-refractivity contribution in [1.82, 2.24) is 14.7 Å². The number of morpholine rings is 1. The molecule has 4 heterocycles. The second-order valence-corrected chi connectivity index (χ2v) is 10.3. The summed E-state index contributed by atoms with van der Waals surface area (Å²) in [5.74, 6) is 0.955. The van der Waals surface area contributed by atoms with Gasteiger partial charge in [-0.1, -0.05) is 6.07 Å². The lowest BCUT2D eigenvalue weighted by molar-refractivity contribution is -0.138. The van der Waals surface area contributed by atoms with Gasteiger partial charge in [0.25, 0.3) is 5.91 Å². The summed E-state index contributed by atoms with van der Waals surface area (Å²) in [6.45, 7) is 10.5. The van der Waals surface area contributed by atoms with Gasteiger partial charge in [-0.3, -0.25) is 14.5 Å². The van der Waals surface area contributed by atoms with Crippen molar-refractivity contribution in [2.45, 2.75) is 51.7 Å². The maximum atomic E-state index is 13.2. The van der Waals surface area contributed by atoms with Gasteiger partial charge in [0.1, 0.15) is 0 Å². The van der Waals surface area contributed by atoms with Crippen LogP contribution in [-0.4, -0.2) is 84.5 Å². The van der Waals surface area contributed by atoms with Crippen molar-refractivity contribution in [3.8, 4) is 0 Å². The molecule has 3 fully saturated rings. The predicted octanol–water partition coefficient (Wildman–Crippen LogP) is 2.95. The number of amides is 2. The molecule has 1 aromatic rings. The molecule has 3 aliphatic rings. The average molecular weight is 434 g/mol. The molecule has 1 aromatic heterocycles. The number of thiophene rings is 1. The average Bonchev–Trinajstić information content (AvgIpc) is 3.27. The van der Waals surface area contributed by atoms with Gasteiger partial charge in [0.05, 0.1) is 23.0 Å². The van der Waals surface area contributed by atoms with E-state index in [0.717, 1.165) is 69.8 Å². The van der Waals surface area contributed by atoms with Gasteiger partial charge in [-0.25, -0.2) is 0 Å². The number of piperidine rings is 2. The number of hydrogen-bond donors (Lipinski definition) is 0. The van der Waals surface area contributed by atoms with Gasteiger partial charge in [-0.2, -0.15) is 0 Å². The Labute approximate surface area is 184 Å². The highest BCUT2D eigenvalue weighted by molar-refractivity contribution is 7.12. The van der Waals surface area contributed by atoms with Crippen molar-refractivity contribution >= 4 is 23.2 Å². The molecule has 0 saturated carbocycles. The summed E-state index contributed by atoms with van der Waals surface area (Å²) in [7, 11) is 0. The van der Waals surface area contributed by atoms with Gasteiger partial charge in [0, 0.05) is 45.8 Å². The number of likely N-dealkylation sites (tertiary alicyclic amines) is 2. The second-order valence-electron chi connectivity index (χ2n) is 9.31. The van der Waals surface area contributed by atoms with Gasteiger partial charge in [0.2, 0.25) is 5.91 Å². The largest absolute Gasteiger partial charge is 0.373 e. The molecule has 0 bridgehead atoms. The fourth-order valence-corrected chi connectivity index (χ4v) is 6.00. The predicted molar refractivity (Wildman–Crippen MR) is 119 cm³/mol. The molecular weight excluding hydrogens is 398 g/mol. The molecule has 3 aliphatic heterocycles. The van der Waals surface area contributed by atoms with Crippen molar-refractivity contribution < 1.29 is 14.3 Å². The Balaban J connectivity index is 1.25. The zero-order chi connectivity index (χ0) is 21.1. The van der Waals surface area contributed by atoms with Crippen molar-refractivity contribution in [2.75, 3.05) is 45.8 Å². The smallest absolute Gasteiger partial charge is 0.263 e. The quantitative estimate of drug-likeness (QED) is 0.733. The SMILES string of the molecule is CC1CN(CC2CCN(C(=O)C3CCCN(C(=O)c4cccs4)C3)CC2)CC(C)O1. The van der Waals surface area contributed by atoms with Crippen LogP contribution in [0.15, 0.2) is 17.5 Å². The van der Waals surface area contributed by atoms with E-state index in [9.17, 15) is 9.59 Å². The molecule has 166 valence electrons. The summed E-state index contributed by atoms with van der Waals surface area (Å²) in [6.07, 6.45) is 4.59. The second kappa shape index (κ2) is 9.79. The molecule has 3 saturated heterocycles. The molecule has 0 aliphatic carbocycles. The van der Waals surface area contributed by atoms with E-state index in [-0.39, 0.29) is 17.7 Å². The Hall–Kier alpha value is -1.44. The Morgan fingerprint density at radius 3 is 2.43 bits per heavy atom. The number of hydrogen-bond acceptors (Lipinski definition) is 5. The van der Waals surface area contributed by atoms with E-state index < -0.39 is 0 Å². The third-order valence-electron chi connectivity index (χ3n) is 6.73. The number of carbonyl (C=O) groups is 2. The van der Waals surface area contributed by atoms with E-state index in [0.29, 0.717) is 24.7 Å². The van der Waals surface area contributed by atoms with Crippen LogP contribution in [-0.2, 0) is 9.53 Å². The minimum absolute atomic E-state index is 0.0415. The van der Waals surface area contributed by atoms with Crippen LogP contribution in [0, 0.1) is 11.8 Å². The Morgan fingerprint density at radius 2 is 1.77 bits per heavy atom. The Kier molecular flexibility index (Phi) is 7.11. The minimum atomic E-state index is -0.0415. The van der Waals surface area contributed by atoms with E-state index >= 15 is 0 Å². The molecule has 3 atom stereocenters. The van der Waals surface area contributed by atoms with Crippen molar-refractivity contribution in [2.24, 2.45) is 11.8 Å². The van der Waals surface area contributed by atoms with Crippen LogP contribution < -0.4 is 0 Å². The van der Waals surface area contributed by atoms with Crippen LogP contribution in [0.3, 0.4) is 0 Å². The standard InChI is InChI=1S/C23H35N3O3S/c1-17-13-24(14-18(2)29-17)15-19-7-10-25(11-8-19)22(27)20-5-3-9-26(16-20)23(28)21-6-4-12-30-21/h4,6,12,17-20H,3,5,7-11,13-16H2,1-2H3. The summed E-state index contributed by atoms with van der Waals surface area (Å²) < 4.78 is 5.85. The highest BCUT2D eigenvalue weighted by Crippen LogP contribution is 2.26. The van der Waals surface area contributed by atoms with Crippen molar-refractivity contribution in [3.05, 3.63) is 22.4 Å². The van der Waals surface area contributed by atoms with Crippen molar-refractivity contribution in [1.29, 1.82) is 0 Å². The molecule has 7 heteroatoms. The molecule has 6 nitrogen and oxygen atoms in total. The Morgan fingerprint density at radius 1 is 1.03 bits per heavy atom. The number of nitrogens with zero attached hydrogens (tertiary/aromatic N) is 3. The lowest BCUT2D eigenvalue weighted by atomic mass is 9.92. The third kappa shape index (κ3) is 5.24. The highest BCUT2D eigenvalue weighted by atomic mass is 32.1. The molecule has 0 N–H and O–H groups in total. The first-order valence-corrected chi connectivity index (χ1v) is 12.4. The van der Waals surface area contributed by atoms with Crippen LogP contribution in [0.1, 0.15) is 49.2 Å². The van der Waals surface area contributed by atoms with Crippen LogP contribution in [0.5, 0.6) is 0 Å². The minimum Gasteiger partial charge on any atom is -0.373 e. The van der Waals surface area contributed by atoms with Crippen molar-refractivity contribution in [3.63, 3.8) is 0 Å². The summed E-state index contributed by atoms with van der Waals surface area (Å²) in [5.41, 5.74) is 0. The monoisotopic (exact) mass is 433 g/mol. The van der Waals surface area contributed by atoms with Gasteiger partial charge >= 0.3 is 0 Å². The van der Waals surface area contributed by atoms with Gasteiger partial charge in [-0.05, 0) is 56.9 Å². The van der Waals surface area contributed by atoms with E-state index in [1.165, 1.54) is 11.3 Å². The van der Waals surface area contributed by atoms with Gasteiger partial charge in [-0.15, -0.1) is 11.3 Å². The van der Waals surface area contributed by atoms with Crippen LogP contribution in [0.4, 0.5) is 0 Å². The number of ether oxygens (including phenoxy) is 1.